The fourth-order valence-electron chi connectivity index (χ4n) is 3.61. The lowest BCUT2D eigenvalue weighted by Gasteiger charge is -2.35. The summed E-state index contributed by atoms with van der Waals surface area (Å²) in [6, 6.07) is 7.66. The smallest absolute Gasteiger partial charge is 0.170 e. The van der Waals surface area contributed by atoms with Gasteiger partial charge in [-0.25, -0.2) is 0 Å². The molecule has 3 unspecified atom stereocenters. The Morgan fingerprint density at radius 2 is 1.90 bits per heavy atom. The van der Waals surface area contributed by atoms with Gasteiger partial charge in [-0.2, -0.15) is 0 Å². The average molecular weight is 403 g/mol. The van der Waals surface area contributed by atoms with E-state index in [1.54, 1.807) is 20.3 Å². The number of ether oxygens (including phenoxy) is 3. The van der Waals surface area contributed by atoms with E-state index in [2.05, 4.69) is 19.9 Å². The molecule has 0 saturated heterocycles. The zero-order valence-corrected chi connectivity index (χ0v) is 18.2. The van der Waals surface area contributed by atoms with Crippen LogP contribution in [0, 0.1) is 11.8 Å². The molecule has 1 aliphatic rings. The number of rotatable bonds is 10. The van der Waals surface area contributed by atoms with E-state index < -0.39 is 18.1 Å². The lowest BCUT2D eigenvalue weighted by molar-refractivity contribution is -0.130. The van der Waals surface area contributed by atoms with Crippen molar-refractivity contribution in [1.29, 1.82) is 0 Å². The Bertz CT molecular complexity index is 717. The van der Waals surface area contributed by atoms with E-state index in [9.17, 15) is 9.90 Å². The number of carbonyl (C=O) groups excluding carboxylic acids is 1. The molecular weight excluding hydrogens is 368 g/mol. The van der Waals surface area contributed by atoms with Crippen LogP contribution in [0.2, 0.25) is 0 Å². The van der Waals surface area contributed by atoms with Crippen molar-refractivity contribution < 1.29 is 24.1 Å². The quantitative estimate of drug-likeness (QED) is 0.597. The topological polar surface area (TPSA) is 65.0 Å². The first kappa shape index (κ1) is 23.3. The Hall–Kier alpha value is -1.95. The number of Topliss-reactive ketones (excluding diaryl/α,β-unsaturated/α-hetero) is 1. The molecule has 1 aromatic carbocycles. The van der Waals surface area contributed by atoms with Crippen molar-refractivity contribution in [3.63, 3.8) is 0 Å². The fraction of sp³-hybridized carbons (Fsp3) is 0.542. The highest BCUT2D eigenvalue weighted by Gasteiger charge is 2.40. The SMILES string of the molecule is COc1ccc(COC2C=C(CO)C(=O)C(/C(C)=C/CCC(C)C)C2OC)cc1. The summed E-state index contributed by atoms with van der Waals surface area (Å²) in [6.45, 7) is 6.41. The number of aliphatic hydroxyl groups is 1. The molecule has 0 heterocycles. The largest absolute Gasteiger partial charge is 0.497 e. The van der Waals surface area contributed by atoms with Crippen molar-refractivity contribution in [3.05, 3.63) is 53.1 Å². The summed E-state index contributed by atoms with van der Waals surface area (Å²) >= 11 is 0. The minimum absolute atomic E-state index is 0.0815. The first-order valence-electron chi connectivity index (χ1n) is 10.2. The Labute approximate surface area is 174 Å². The highest BCUT2D eigenvalue weighted by molar-refractivity contribution is 6.00. The second-order valence-corrected chi connectivity index (χ2v) is 7.94. The number of ketones is 1. The maximum absolute atomic E-state index is 12.9. The van der Waals surface area contributed by atoms with E-state index >= 15 is 0 Å². The predicted octanol–water partition coefficient (Wildman–Crippen LogP) is 4.10. The molecule has 2 rings (SSSR count). The third kappa shape index (κ3) is 6.26. The van der Waals surface area contributed by atoms with Gasteiger partial charge < -0.3 is 19.3 Å². The molecule has 0 radical (unpaired) electrons. The minimum Gasteiger partial charge on any atom is -0.497 e. The minimum atomic E-state index is -0.444. The van der Waals surface area contributed by atoms with Gasteiger partial charge in [-0.05, 0) is 49.5 Å². The van der Waals surface area contributed by atoms with Crippen molar-refractivity contribution >= 4 is 5.78 Å². The normalized spacial score (nSPS) is 22.7. The van der Waals surface area contributed by atoms with Crippen LogP contribution < -0.4 is 4.74 Å². The highest BCUT2D eigenvalue weighted by atomic mass is 16.5. The lowest BCUT2D eigenvalue weighted by atomic mass is 9.78. The van der Waals surface area contributed by atoms with Gasteiger partial charge in [0.05, 0.1) is 26.2 Å². The number of hydrogen-bond donors (Lipinski definition) is 1. The highest BCUT2D eigenvalue weighted by Crippen LogP contribution is 2.32. The third-order valence-corrected chi connectivity index (χ3v) is 5.36. The second-order valence-electron chi connectivity index (χ2n) is 7.94. The zero-order chi connectivity index (χ0) is 21.4. The summed E-state index contributed by atoms with van der Waals surface area (Å²) < 4.78 is 17.0. The van der Waals surface area contributed by atoms with Crippen molar-refractivity contribution in [2.75, 3.05) is 20.8 Å². The van der Waals surface area contributed by atoms with Crippen LogP contribution in [0.4, 0.5) is 0 Å². The van der Waals surface area contributed by atoms with Crippen molar-refractivity contribution in [3.8, 4) is 5.75 Å². The van der Waals surface area contributed by atoms with Crippen molar-refractivity contribution in [1.82, 2.24) is 0 Å². The monoisotopic (exact) mass is 402 g/mol. The van der Waals surface area contributed by atoms with Crippen LogP contribution in [-0.2, 0) is 20.9 Å². The van der Waals surface area contributed by atoms with Crippen molar-refractivity contribution in [2.24, 2.45) is 11.8 Å². The van der Waals surface area contributed by atoms with Gasteiger partial charge in [0.25, 0.3) is 0 Å². The fourth-order valence-corrected chi connectivity index (χ4v) is 3.61. The number of benzene rings is 1. The summed E-state index contributed by atoms with van der Waals surface area (Å²) in [7, 11) is 3.24. The lowest BCUT2D eigenvalue weighted by Crippen LogP contribution is -2.45. The Morgan fingerprint density at radius 3 is 2.45 bits per heavy atom. The first-order chi connectivity index (χ1) is 13.9. The van der Waals surface area contributed by atoms with Crippen LogP contribution in [0.1, 0.15) is 39.2 Å². The van der Waals surface area contributed by atoms with Gasteiger partial charge in [-0.3, -0.25) is 4.79 Å². The van der Waals surface area contributed by atoms with Gasteiger partial charge in [0.2, 0.25) is 0 Å². The molecule has 29 heavy (non-hydrogen) atoms. The Morgan fingerprint density at radius 1 is 1.21 bits per heavy atom. The molecular formula is C24H34O5. The van der Waals surface area contributed by atoms with E-state index in [0.29, 0.717) is 18.1 Å². The Kier molecular flexibility index (Phi) is 9.08. The van der Waals surface area contributed by atoms with Gasteiger partial charge in [-0.1, -0.05) is 37.6 Å². The molecule has 0 amide bonds. The van der Waals surface area contributed by atoms with Crippen LogP contribution in [0.3, 0.4) is 0 Å². The molecule has 3 atom stereocenters. The number of aliphatic hydroxyl groups excluding tert-OH is 1. The Balaban J connectivity index is 2.18. The third-order valence-electron chi connectivity index (χ3n) is 5.36. The van der Waals surface area contributed by atoms with E-state index in [-0.39, 0.29) is 12.4 Å². The molecule has 1 aromatic rings. The summed E-state index contributed by atoms with van der Waals surface area (Å²) in [6.07, 6.45) is 4.97. The number of methoxy groups -OCH3 is 2. The van der Waals surface area contributed by atoms with Gasteiger partial charge in [0.1, 0.15) is 18.0 Å². The molecule has 1 N–H and O–H groups in total. The molecule has 1 aliphatic carbocycles. The molecule has 0 spiro atoms. The van der Waals surface area contributed by atoms with Crippen LogP contribution >= 0.6 is 0 Å². The zero-order valence-electron chi connectivity index (χ0n) is 18.2. The number of allylic oxidation sites excluding steroid dienone is 1. The van der Waals surface area contributed by atoms with Gasteiger partial charge in [0.15, 0.2) is 5.78 Å². The molecule has 5 heteroatoms. The van der Waals surface area contributed by atoms with Crippen LogP contribution in [-0.4, -0.2) is 43.9 Å². The van der Waals surface area contributed by atoms with Gasteiger partial charge in [-0.15, -0.1) is 0 Å². The van der Waals surface area contributed by atoms with E-state index in [1.165, 1.54) is 0 Å². The summed E-state index contributed by atoms with van der Waals surface area (Å²) in [5.41, 5.74) is 2.36. The molecule has 160 valence electrons. The molecule has 0 bridgehead atoms. The summed E-state index contributed by atoms with van der Waals surface area (Å²) in [5, 5.41) is 9.71. The molecule has 0 aromatic heterocycles. The molecule has 5 nitrogen and oxygen atoms in total. The summed E-state index contributed by atoms with van der Waals surface area (Å²) in [5.74, 6) is 0.867. The number of carbonyl (C=O) groups is 1. The van der Waals surface area contributed by atoms with E-state index in [4.69, 9.17) is 14.2 Å². The van der Waals surface area contributed by atoms with Gasteiger partial charge >= 0.3 is 0 Å². The second kappa shape index (κ2) is 11.3. The maximum Gasteiger partial charge on any atom is 0.170 e. The van der Waals surface area contributed by atoms with Crippen molar-refractivity contribution in [2.45, 2.75) is 52.4 Å². The van der Waals surface area contributed by atoms with E-state index in [1.807, 2.05) is 31.2 Å². The van der Waals surface area contributed by atoms with Crippen LogP contribution in [0.25, 0.3) is 0 Å². The van der Waals surface area contributed by atoms with E-state index in [0.717, 1.165) is 29.7 Å². The number of hydrogen-bond acceptors (Lipinski definition) is 5. The van der Waals surface area contributed by atoms with Crippen LogP contribution in [0.5, 0.6) is 5.75 Å². The standard InChI is InChI=1S/C24H34O5/c1-16(2)7-6-8-17(3)22-23(26)19(14-25)13-21(24(22)28-5)29-15-18-9-11-20(27-4)12-10-18/h8-13,16,21-22,24-25H,6-7,14-15H2,1-5H3/b17-8+. The molecule has 0 aliphatic heterocycles. The molecule has 0 fully saturated rings. The average Bonchev–Trinajstić information content (AvgIpc) is 2.72. The summed E-state index contributed by atoms with van der Waals surface area (Å²) in [4.78, 5) is 12.9. The van der Waals surface area contributed by atoms with Crippen LogP contribution in [0.15, 0.2) is 47.6 Å². The van der Waals surface area contributed by atoms with Gasteiger partial charge in [0, 0.05) is 12.7 Å². The predicted molar refractivity (Wildman–Crippen MR) is 114 cm³/mol. The maximum atomic E-state index is 12.9. The first-order valence-corrected chi connectivity index (χ1v) is 10.2. The molecule has 0 saturated carbocycles.